The standard InChI is InChI=1S/C14H18FNO3/c1-19-10-5-6-11(12(15)7-10)14(18)16-8-9-3-2-4-13(9)17/h5-7,9,13,17H,2-4,8H2,1H3,(H,16,18). The van der Waals surface area contributed by atoms with E-state index in [0.29, 0.717) is 12.3 Å². The summed E-state index contributed by atoms with van der Waals surface area (Å²) in [5, 5.41) is 12.3. The molecule has 0 bridgehead atoms. The van der Waals surface area contributed by atoms with E-state index in [4.69, 9.17) is 4.74 Å². The van der Waals surface area contributed by atoms with Crippen molar-refractivity contribution in [3.63, 3.8) is 0 Å². The fourth-order valence-electron chi connectivity index (χ4n) is 2.38. The monoisotopic (exact) mass is 267 g/mol. The molecule has 1 aliphatic carbocycles. The summed E-state index contributed by atoms with van der Waals surface area (Å²) in [7, 11) is 1.44. The van der Waals surface area contributed by atoms with Crippen LogP contribution in [0.3, 0.4) is 0 Å². The number of hydrogen-bond donors (Lipinski definition) is 2. The molecule has 2 unspecified atom stereocenters. The van der Waals surface area contributed by atoms with Crippen molar-refractivity contribution >= 4 is 5.91 Å². The molecule has 2 atom stereocenters. The normalized spacial score (nSPS) is 22.3. The number of aliphatic hydroxyl groups is 1. The van der Waals surface area contributed by atoms with E-state index >= 15 is 0 Å². The highest BCUT2D eigenvalue weighted by Gasteiger charge is 2.25. The van der Waals surface area contributed by atoms with E-state index in [1.807, 2.05) is 0 Å². The van der Waals surface area contributed by atoms with Gasteiger partial charge in [-0.25, -0.2) is 4.39 Å². The largest absolute Gasteiger partial charge is 0.497 e. The van der Waals surface area contributed by atoms with Gasteiger partial charge in [-0.3, -0.25) is 4.79 Å². The van der Waals surface area contributed by atoms with Gasteiger partial charge in [0.2, 0.25) is 0 Å². The fourth-order valence-corrected chi connectivity index (χ4v) is 2.38. The molecule has 0 radical (unpaired) electrons. The van der Waals surface area contributed by atoms with Gasteiger partial charge in [-0.2, -0.15) is 0 Å². The Bertz CT molecular complexity index is 464. The van der Waals surface area contributed by atoms with E-state index in [-0.39, 0.29) is 17.6 Å². The summed E-state index contributed by atoms with van der Waals surface area (Å²) in [5.41, 5.74) is -0.00622. The first-order valence-corrected chi connectivity index (χ1v) is 6.41. The van der Waals surface area contributed by atoms with Crippen LogP contribution < -0.4 is 10.1 Å². The highest BCUT2D eigenvalue weighted by Crippen LogP contribution is 2.24. The molecule has 19 heavy (non-hydrogen) atoms. The second-order valence-corrected chi connectivity index (χ2v) is 4.81. The summed E-state index contributed by atoms with van der Waals surface area (Å²) in [6.07, 6.45) is 2.28. The molecule has 0 saturated heterocycles. The number of carbonyl (C=O) groups excluding carboxylic acids is 1. The van der Waals surface area contributed by atoms with E-state index in [0.717, 1.165) is 19.3 Å². The number of aliphatic hydroxyl groups excluding tert-OH is 1. The van der Waals surface area contributed by atoms with Crippen LogP contribution in [-0.2, 0) is 0 Å². The van der Waals surface area contributed by atoms with Crippen LogP contribution in [0.15, 0.2) is 18.2 Å². The third-order valence-corrected chi connectivity index (χ3v) is 3.56. The number of halogens is 1. The van der Waals surface area contributed by atoms with Gasteiger partial charge in [0.05, 0.1) is 18.8 Å². The third kappa shape index (κ3) is 3.23. The lowest BCUT2D eigenvalue weighted by atomic mass is 10.1. The molecule has 4 nitrogen and oxygen atoms in total. The zero-order chi connectivity index (χ0) is 13.8. The minimum absolute atomic E-state index is 0.00622. The molecular formula is C14H18FNO3. The zero-order valence-corrected chi connectivity index (χ0v) is 10.9. The minimum atomic E-state index is -0.608. The van der Waals surface area contributed by atoms with Crippen LogP contribution in [0.2, 0.25) is 0 Å². The third-order valence-electron chi connectivity index (χ3n) is 3.56. The van der Waals surface area contributed by atoms with Crippen LogP contribution in [0, 0.1) is 11.7 Å². The highest BCUT2D eigenvalue weighted by atomic mass is 19.1. The number of rotatable bonds is 4. The molecule has 1 amide bonds. The molecule has 104 valence electrons. The maximum Gasteiger partial charge on any atom is 0.254 e. The highest BCUT2D eigenvalue weighted by molar-refractivity contribution is 5.94. The predicted molar refractivity (Wildman–Crippen MR) is 68.6 cm³/mol. The molecule has 0 heterocycles. The van der Waals surface area contributed by atoms with Crippen LogP contribution in [0.1, 0.15) is 29.6 Å². The van der Waals surface area contributed by atoms with Crippen LogP contribution in [0.5, 0.6) is 5.75 Å². The van der Waals surface area contributed by atoms with Crippen molar-refractivity contribution in [3.05, 3.63) is 29.6 Å². The molecule has 0 aromatic heterocycles. The Kier molecular flexibility index (Phi) is 4.37. The van der Waals surface area contributed by atoms with Gasteiger partial charge in [-0.05, 0) is 25.0 Å². The summed E-state index contributed by atoms with van der Waals surface area (Å²) in [6.45, 7) is 0.380. The summed E-state index contributed by atoms with van der Waals surface area (Å²) in [4.78, 5) is 11.9. The Morgan fingerprint density at radius 1 is 1.53 bits per heavy atom. The van der Waals surface area contributed by atoms with Gasteiger partial charge in [0, 0.05) is 18.5 Å². The number of amides is 1. The molecule has 1 saturated carbocycles. The van der Waals surface area contributed by atoms with Crippen molar-refractivity contribution < 1.29 is 19.0 Å². The summed E-state index contributed by atoms with van der Waals surface area (Å²) in [5.74, 6) is -0.617. The first-order valence-electron chi connectivity index (χ1n) is 6.41. The van der Waals surface area contributed by atoms with Gasteiger partial charge in [0.15, 0.2) is 0 Å². The molecular weight excluding hydrogens is 249 g/mol. The first kappa shape index (κ1) is 13.8. The van der Waals surface area contributed by atoms with Gasteiger partial charge in [0.1, 0.15) is 11.6 Å². The molecule has 2 rings (SSSR count). The van der Waals surface area contributed by atoms with Crippen LogP contribution in [0.4, 0.5) is 4.39 Å². The van der Waals surface area contributed by atoms with E-state index < -0.39 is 11.7 Å². The van der Waals surface area contributed by atoms with Gasteiger partial charge in [0.25, 0.3) is 5.91 Å². The van der Waals surface area contributed by atoms with Crippen LogP contribution in [-0.4, -0.2) is 30.8 Å². The minimum Gasteiger partial charge on any atom is -0.497 e. The van der Waals surface area contributed by atoms with Gasteiger partial charge in [-0.1, -0.05) is 6.42 Å². The van der Waals surface area contributed by atoms with Gasteiger partial charge < -0.3 is 15.2 Å². The molecule has 1 aromatic rings. The molecule has 5 heteroatoms. The molecule has 1 aliphatic rings. The van der Waals surface area contributed by atoms with Gasteiger partial charge in [-0.15, -0.1) is 0 Å². The van der Waals surface area contributed by atoms with E-state index in [9.17, 15) is 14.3 Å². The predicted octanol–water partition coefficient (Wildman–Crippen LogP) is 1.73. The second-order valence-electron chi connectivity index (χ2n) is 4.81. The van der Waals surface area contributed by atoms with Crippen molar-refractivity contribution in [2.75, 3.05) is 13.7 Å². The number of ether oxygens (including phenoxy) is 1. The maximum absolute atomic E-state index is 13.7. The Morgan fingerprint density at radius 3 is 2.89 bits per heavy atom. The Morgan fingerprint density at radius 2 is 2.32 bits per heavy atom. The fraction of sp³-hybridized carbons (Fsp3) is 0.500. The lowest BCUT2D eigenvalue weighted by Gasteiger charge is -2.15. The van der Waals surface area contributed by atoms with Gasteiger partial charge >= 0.3 is 0 Å². The average molecular weight is 267 g/mol. The number of benzene rings is 1. The maximum atomic E-state index is 13.7. The Hall–Kier alpha value is -1.62. The first-order chi connectivity index (χ1) is 9.11. The zero-order valence-electron chi connectivity index (χ0n) is 10.9. The smallest absolute Gasteiger partial charge is 0.254 e. The quantitative estimate of drug-likeness (QED) is 0.873. The summed E-state index contributed by atoms with van der Waals surface area (Å²) >= 11 is 0. The number of methoxy groups -OCH3 is 1. The molecule has 0 aliphatic heterocycles. The number of hydrogen-bond acceptors (Lipinski definition) is 3. The van der Waals surface area contributed by atoms with Crippen molar-refractivity contribution in [1.82, 2.24) is 5.32 Å². The van der Waals surface area contributed by atoms with E-state index in [1.165, 1.54) is 19.2 Å². The topological polar surface area (TPSA) is 58.6 Å². The van der Waals surface area contributed by atoms with Crippen molar-refractivity contribution in [2.24, 2.45) is 5.92 Å². The molecule has 2 N–H and O–H groups in total. The van der Waals surface area contributed by atoms with Crippen LogP contribution >= 0.6 is 0 Å². The van der Waals surface area contributed by atoms with E-state index in [2.05, 4.69) is 5.32 Å². The SMILES string of the molecule is COc1ccc(C(=O)NCC2CCCC2O)c(F)c1. The Balaban J connectivity index is 1.96. The lowest BCUT2D eigenvalue weighted by Crippen LogP contribution is -2.32. The van der Waals surface area contributed by atoms with E-state index in [1.54, 1.807) is 6.07 Å². The molecule has 1 fully saturated rings. The van der Waals surface area contributed by atoms with Crippen molar-refractivity contribution in [3.8, 4) is 5.75 Å². The second kappa shape index (κ2) is 6.02. The van der Waals surface area contributed by atoms with Crippen molar-refractivity contribution in [2.45, 2.75) is 25.4 Å². The van der Waals surface area contributed by atoms with Crippen molar-refractivity contribution in [1.29, 1.82) is 0 Å². The Labute approximate surface area is 111 Å². The number of carbonyl (C=O) groups is 1. The number of nitrogens with one attached hydrogen (secondary N) is 1. The summed E-state index contributed by atoms with van der Waals surface area (Å²) in [6, 6.07) is 4.12. The molecule has 0 spiro atoms. The summed E-state index contributed by atoms with van der Waals surface area (Å²) < 4.78 is 18.6. The molecule has 1 aromatic carbocycles. The lowest BCUT2D eigenvalue weighted by molar-refractivity contribution is 0.0913. The average Bonchev–Trinajstić information content (AvgIpc) is 2.81. The van der Waals surface area contributed by atoms with Crippen LogP contribution in [0.25, 0.3) is 0 Å².